The standard InChI is InChI=1S/C57H96O6/c1-4-7-10-13-16-19-22-24-26-28-30-32-35-38-41-44-47-50-56(59)62-53-54(52-61-55(58)49-46-43-40-37-34-21-18-15-12-9-6-3)63-57(60)51-48-45-42-39-36-33-31-29-27-25-23-20-17-14-11-8-5-2/h9,12,16-21,24-27,37,40,54H,4-8,10-11,13-15,22-23,28-36,38-39,41-53H2,1-3H3/b12-9-,19-16-,20-17-,21-18-,26-24-,27-25-,40-37-. The van der Waals surface area contributed by atoms with Crippen molar-refractivity contribution < 1.29 is 28.6 Å². The molecule has 0 bridgehead atoms. The summed E-state index contributed by atoms with van der Waals surface area (Å²) in [5.41, 5.74) is 0. The lowest BCUT2D eigenvalue weighted by atomic mass is 10.1. The Kier molecular flexibility index (Phi) is 48.5. The van der Waals surface area contributed by atoms with Crippen LogP contribution in [0.3, 0.4) is 0 Å². The molecule has 0 saturated carbocycles. The van der Waals surface area contributed by atoms with E-state index in [-0.39, 0.29) is 37.5 Å². The SMILES string of the molecule is CC/C=C\C/C=C\C/C=C\CCCC(=O)OCC(COC(=O)CCCCCCCCC/C=C\C/C=C\CCCCC)OC(=O)CCCCCCCCC/C=C\C/C=C\CCCCC. The van der Waals surface area contributed by atoms with E-state index in [1.807, 2.05) is 0 Å². The number of rotatable bonds is 46. The number of carbonyl (C=O) groups is 3. The molecule has 0 aromatic heterocycles. The predicted octanol–water partition coefficient (Wildman–Crippen LogP) is 17.2. The number of hydrogen-bond donors (Lipinski definition) is 0. The van der Waals surface area contributed by atoms with E-state index in [9.17, 15) is 14.4 Å². The number of allylic oxidation sites excluding steroid dienone is 14. The Morgan fingerprint density at radius 2 is 0.635 bits per heavy atom. The van der Waals surface area contributed by atoms with Crippen molar-refractivity contribution in [1.29, 1.82) is 0 Å². The zero-order chi connectivity index (χ0) is 45.8. The number of hydrogen-bond acceptors (Lipinski definition) is 6. The van der Waals surface area contributed by atoms with Crippen LogP contribution in [0.1, 0.15) is 239 Å². The van der Waals surface area contributed by atoms with Gasteiger partial charge in [-0.3, -0.25) is 14.4 Å². The minimum atomic E-state index is -0.804. The van der Waals surface area contributed by atoms with Gasteiger partial charge in [-0.05, 0) is 109 Å². The molecule has 0 N–H and O–H groups in total. The van der Waals surface area contributed by atoms with Gasteiger partial charge in [-0.25, -0.2) is 0 Å². The van der Waals surface area contributed by atoms with Crippen LogP contribution in [0.15, 0.2) is 85.1 Å². The van der Waals surface area contributed by atoms with Crippen LogP contribution in [0.2, 0.25) is 0 Å². The molecule has 1 unspecified atom stereocenters. The Balaban J connectivity index is 4.43. The average molecular weight is 877 g/mol. The number of ether oxygens (including phenoxy) is 3. The van der Waals surface area contributed by atoms with Crippen LogP contribution >= 0.6 is 0 Å². The van der Waals surface area contributed by atoms with E-state index in [2.05, 4.69) is 106 Å². The monoisotopic (exact) mass is 877 g/mol. The lowest BCUT2D eigenvalue weighted by molar-refractivity contribution is -0.167. The zero-order valence-electron chi connectivity index (χ0n) is 41.1. The molecule has 0 fully saturated rings. The topological polar surface area (TPSA) is 78.9 Å². The van der Waals surface area contributed by atoms with E-state index >= 15 is 0 Å². The van der Waals surface area contributed by atoms with Gasteiger partial charge in [-0.15, -0.1) is 0 Å². The van der Waals surface area contributed by atoms with E-state index in [1.165, 1.54) is 103 Å². The van der Waals surface area contributed by atoms with Crippen LogP contribution in [0, 0.1) is 0 Å². The Morgan fingerprint density at radius 3 is 1.03 bits per heavy atom. The molecule has 6 heteroatoms. The zero-order valence-corrected chi connectivity index (χ0v) is 41.1. The van der Waals surface area contributed by atoms with Crippen molar-refractivity contribution >= 4 is 17.9 Å². The predicted molar refractivity (Wildman–Crippen MR) is 270 cm³/mol. The van der Waals surface area contributed by atoms with Crippen LogP contribution in [0.4, 0.5) is 0 Å². The Morgan fingerprint density at radius 1 is 0.333 bits per heavy atom. The molecule has 0 rings (SSSR count). The molecule has 0 amide bonds. The summed E-state index contributed by atoms with van der Waals surface area (Å²) in [4.78, 5) is 37.9. The molecule has 0 aliphatic heterocycles. The maximum Gasteiger partial charge on any atom is 0.306 e. The summed E-state index contributed by atoms with van der Waals surface area (Å²) in [5, 5.41) is 0. The minimum Gasteiger partial charge on any atom is -0.462 e. The third-order valence-electron chi connectivity index (χ3n) is 10.9. The van der Waals surface area contributed by atoms with Gasteiger partial charge in [0.05, 0.1) is 0 Å². The molecule has 1 atom stereocenters. The largest absolute Gasteiger partial charge is 0.462 e. The van der Waals surface area contributed by atoms with Crippen molar-refractivity contribution in [3.05, 3.63) is 85.1 Å². The van der Waals surface area contributed by atoms with Crippen molar-refractivity contribution in [2.24, 2.45) is 0 Å². The van der Waals surface area contributed by atoms with Gasteiger partial charge in [0, 0.05) is 19.3 Å². The summed E-state index contributed by atoms with van der Waals surface area (Å²) in [6.07, 6.45) is 65.7. The summed E-state index contributed by atoms with van der Waals surface area (Å²) in [7, 11) is 0. The van der Waals surface area contributed by atoms with Crippen LogP contribution < -0.4 is 0 Å². The van der Waals surface area contributed by atoms with Crippen LogP contribution in [-0.4, -0.2) is 37.2 Å². The molecule has 0 saturated heterocycles. The van der Waals surface area contributed by atoms with Crippen LogP contribution in [-0.2, 0) is 28.6 Å². The van der Waals surface area contributed by atoms with Crippen molar-refractivity contribution in [1.82, 2.24) is 0 Å². The Bertz CT molecular complexity index is 1240. The molecular formula is C57H96O6. The molecule has 63 heavy (non-hydrogen) atoms. The van der Waals surface area contributed by atoms with Gasteiger partial charge in [0.25, 0.3) is 0 Å². The summed E-state index contributed by atoms with van der Waals surface area (Å²) >= 11 is 0. The average Bonchev–Trinajstić information content (AvgIpc) is 3.28. The highest BCUT2D eigenvalue weighted by atomic mass is 16.6. The molecule has 360 valence electrons. The molecule has 0 spiro atoms. The Hall–Kier alpha value is -3.41. The maximum absolute atomic E-state index is 12.8. The highest BCUT2D eigenvalue weighted by molar-refractivity contribution is 5.71. The van der Waals surface area contributed by atoms with E-state index in [4.69, 9.17) is 14.2 Å². The molecule has 0 aromatic carbocycles. The first-order valence-electron chi connectivity index (χ1n) is 26.1. The molecular weight excluding hydrogens is 781 g/mol. The van der Waals surface area contributed by atoms with Crippen molar-refractivity contribution in [3.8, 4) is 0 Å². The van der Waals surface area contributed by atoms with Gasteiger partial charge in [0.15, 0.2) is 6.10 Å². The van der Waals surface area contributed by atoms with Gasteiger partial charge < -0.3 is 14.2 Å². The smallest absolute Gasteiger partial charge is 0.306 e. The third-order valence-corrected chi connectivity index (χ3v) is 10.9. The third kappa shape index (κ3) is 49.5. The maximum atomic E-state index is 12.8. The fourth-order valence-corrected chi connectivity index (χ4v) is 6.94. The second-order valence-corrected chi connectivity index (χ2v) is 17.0. The van der Waals surface area contributed by atoms with Crippen LogP contribution in [0.25, 0.3) is 0 Å². The first-order chi connectivity index (χ1) is 31.0. The van der Waals surface area contributed by atoms with Crippen molar-refractivity contribution in [2.75, 3.05) is 13.2 Å². The highest BCUT2D eigenvalue weighted by Crippen LogP contribution is 2.14. The first-order valence-corrected chi connectivity index (χ1v) is 26.1. The van der Waals surface area contributed by atoms with Crippen molar-refractivity contribution in [3.63, 3.8) is 0 Å². The molecule has 0 aromatic rings. The second kappa shape index (κ2) is 51.2. The molecule has 0 heterocycles. The van der Waals surface area contributed by atoms with Gasteiger partial charge >= 0.3 is 17.9 Å². The fraction of sp³-hybridized carbons (Fsp3) is 0.702. The van der Waals surface area contributed by atoms with Gasteiger partial charge in [-0.1, -0.05) is 196 Å². The normalized spacial score (nSPS) is 12.7. The van der Waals surface area contributed by atoms with Gasteiger partial charge in [0.2, 0.25) is 0 Å². The van der Waals surface area contributed by atoms with E-state index in [0.29, 0.717) is 19.3 Å². The van der Waals surface area contributed by atoms with Crippen LogP contribution in [0.5, 0.6) is 0 Å². The Labute approximate surface area is 388 Å². The number of esters is 3. The first kappa shape index (κ1) is 59.6. The number of unbranched alkanes of at least 4 members (excludes halogenated alkanes) is 21. The van der Waals surface area contributed by atoms with Crippen molar-refractivity contribution in [2.45, 2.75) is 245 Å². The molecule has 6 nitrogen and oxygen atoms in total. The van der Waals surface area contributed by atoms with Gasteiger partial charge in [0.1, 0.15) is 13.2 Å². The van der Waals surface area contributed by atoms with Gasteiger partial charge in [-0.2, -0.15) is 0 Å². The second-order valence-electron chi connectivity index (χ2n) is 17.0. The summed E-state index contributed by atoms with van der Waals surface area (Å²) in [5.74, 6) is -0.973. The summed E-state index contributed by atoms with van der Waals surface area (Å²) in [6, 6.07) is 0. The lowest BCUT2D eigenvalue weighted by Gasteiger charge is -2.18. The summed E-state index contributed by atoms with van der Waals surface area (Å²) < 4.78 is 16.7. The highest BCUT2D eigenvalue weighted by Gasteiger charge is 2.19. The quantitative estimate of drug-likeness (QED) is 0.0262. The van der Waals surface area contributed by atoms with E-state index in [0.717, 1.165) is 89.9 Å². The lowest BCUT2D eigenvalue weighted by Crippen LogP contribution is -2.30. The molecule has 0 aliphatic carbocycles. The van der Waals surface area contributed by atoms with E-state index < -0.39 is 6.10 Å². The fourth-order valence-electron chi connectivity index (χ4n) is 6.94. The molecule has 0 radical (unpaired) electrons. The minimum absolute atomic E-state index is 0.100. The number of carbonyl (C=O) groups excluding carboxylic acids is 3. The molecule has 0 aliphatic rings. The summed E-state index contributed by atoms with van der Waals surface area (Å²) in [6.45, 7) is 6.41. The van der Waals surface area contributed by atoms with E-state index in [1.54, 1.807) is 0 Å².